The van der Waals surface area contributed by atoms with Crippen LogP contribution in [0.5, 0.6) is 5.75 Å². The number of carboxylic acids is 1. The first-order valence-electron chi connectivity index (χ1n) is 8.15. The molecule has 2 aromatic carbocycles. The number of alkyl halides is 3. The Morgan fingerprint density at radius 1 is 1.19 bits per heavy atom. The van der Waals surface area contributed by atoms with Gasteiger partial charge in [0.05, 0.1) is 12.1 Å². The van der Waals surface area contributed by atoms with E-state index in [1.54, 1.807) is 11.9 Å². The first-order chi connectivity index (χ1) is 12.6. The number of aliphatic carboxylic acids is 1. The third-order valence-corrected chi connectivity index (χ3v) is 3.86. The van der Waals surface area contributed by atoms with Crippen molar-refractivity contribution in [3.8, 4) is 5.75 Å². The van der Waals surface area contributed by atoms with Crippen LogP contribution in [-0.4, -0.2) is 36.1 Å². The molecule has 0 aromatic heterocycles. The number of hydrogen-bond acceptors (Lipinski definition) is 3. The lowest BCUT2D eigenvalue weighted by Crippen LogP contribution is -2.28. The van der Waals surface area contributed by atoms with Gasteiger partial charge in [-0.25, -0.2) is 4.39 Å². The van der Waals surface area contributed by atoms with Gasteiger partial charge in [-0.15, -0.1) is 0 Å². The number of benzene rings is 2. The molecule has 0 aliphatic carbocycles. The summed E-state index contributed by atoms with van der Waals surface area (Å²) in [4.78, 5) is 12.3. The summed E-state index contributed by atoms with van der Waals surface area (Å²) in [5.41, 5.74) is -0.251. The normalized spacial score (nSPS) is 12.8. The Hall–Kier alpha value is -2.61. The minimum absolute atomic E-state index is 0.0278. The molecule has 0 amide bonds. The topological polar surface area (TPSA) is 49.8 Å². The SMILES string of the molecule is CN(CC[C@H](Oc1cccc(C(F)(F)F)c1)c1ccc(F)cc1)CC(=O)O. The molecule has 0 aliphatic rings. The number of likely N-dealkylation sites (N-methyl/N-ethyl adjacent to an activating group) is 1. The van der Waals surface area contributed by atoms with Gasteiger partial charge in [0, 0.05) is 13.0 Å². The Morgan fingerprint density at radius 3 is 2.44 bits per heavy atom. The quantitative estimate of drug-likeness (QED) is 0.686. The van der Waals surface area contributed by atoms with E-state index < -0.39 is 29.6 Å². The fourth-order valence-electron chi connectivity index (χ4n) is 2.53. The highest BCUT2D eigenvalue weighted by Crippen LogP contribution is 2.33. The summed E-state index contributed by atoms with van der Waals surface area (Å²) < 4.78 is 57.6. The Morgan fingerprint density at radius 2 is 1.85 bits per heavy atom. The summed E-state index contributed by atoms with van der Waals surface area (Å²) in [7, 11) is 1.61. The van der Waals surface area contributed by atoms with Crippen LogP contribution in [0.25, 0.3) is 0 Å². The zero-order chi connectivity index (χ0) is 20.0. The fourth-order valence-corrected chi connectivity index (χ4v) is 2.53. The van der Waals surface area contributed by atoms with Gasteiger partial charge in [-0.2, -0.15) is 13.2 Å². The maximum Gasteiger partial charge on any atom is 0.416 e. The Bertz CT molecular complexity index is 762. The van der Waals surface area contributed by atoms with Crippen LogP contribution in [0.15, 0.2) is 48.5 Å². The van der Waals surface area contributed by atoms with Crippen LogP contribution < -0.4 is 4.74 Å². The van der Waals surface area contributed by atoms with Gasteiger partial charge in [-0.1, -0.05) is 18.2 Å². The van der Waals surface area contributed by atoms with E-state index in [1.807, 2.05) is 0 Å². The first kappa shape index (κ1) is 20.7. The zero-order valence-electron chi connectivity index (χ0n) is 14.5. The number of hydrogen-bond donors (Lipinski definition) is 1. The average Bonchev–Trinajstić information content (AvgIpc) is 2.58. The predicted molar refractivity (Wildman–Crippen MR) is 91.0 cm³/mol. The molecule has 146 valence electrons. The molecule has 27 heavy (non-hydrogen) atoms. The highest BCUT2D eigenvalue weighted by Gasteiger charge is 2.30. The second-order valence-corrected chi connectivity index (χ2v) is 6.10. The molecule has 0 unspecified atom stereocenters. The third kappa shape index (κ3) is 6.56. The molecule has 0 spiro atoms. The van der Waals surface area contributed by atoms with E-state index in [0.717, 1.165) is 12.1 Å². The molecule has 8 heteroatoms. The minimum Gasteiger partial charge on any atom is -0.486 e. The number of nitrogens with zero attached hydrogens (tertiary/aromatic N) is 1. The second-order valence-electron chi connectivity index (χ2n) is 6.10. The fraction of sp³-hybridized carbons (Fsp3) is 0.316. The Labute approximate surface area is 154 Å². The van der Waals surface area contributed by atoms with Crippen LogP contribution in [0.3, 0.4) is 0 Å². The van der Waals surface area contributed by atoms with Crippen molar-refractivity contribution in [1.29, 1.82) is 0 Å². The molecular weight excluding hydrogens is 366 g/mol. The summed E-state index contributed by atoms with van der Waals surface area (Å²) in [6, 6.07) is 9.95. The van der Waals surface area contributed by atoms with E-state index >= 15 is 0 Å². The van der Waals surface area contributed by atoms with Gasteiger partial charge in [0.15, 0.2) is 0 Å². The summed E-state index contributed by atoms with van der Waals surface area (Å²) in [6.45, 7) is 0.146. The first-order valence-corrected chi connectivity index (χ1v) is 8.15. The maximum atomic E-state index is 13.2. The van der Waals surface area contributed by atoms with Crippen LogP contribution >= 0.6 is 0 Å². The summed E-state index contributed by atoms with van der Waals surface area (Å²) in [5.74, 6) is -1.41. The standard InChI is InChI=1S/C19H19F4NO3/c1-24(12-18(25)26)10-9-17(13-5-7-15(20)8-6-13)27-16-4-2-3-14(11-16)19(21,22)23/h2-8,11,17H,9-10,12H2,1H3,(H,25,26)/t17-/m0/s1. The van der Waals surface area contributed by atoms with Crippen molar-refractivity contribution < 1.29 is 32.2 Å². The lowest BCUT2D eigenvalue weighted by molar-refractivity contribution is -0.138. The maximum absolute atomic E-state index is 13.2. The van der Waals surface area contributed by atoms with E-state index in [1.165, 1.54) is 36.4 Å². The number of rotatable bonds is 8. The molecule has 0 saturated heterocycles. The molecule has 2 aromatic rings. The van der Waals surface area contributed by atoms with Gasteiger partial charge in [0.25, 0.3) is 0 Å². The van der Waals surface area contributed by atoms with Crippen molar-refractivity contribution in [2.45, 2.75) is 18.7 Å². The molecule has 2 rings (SSSR count). The van der Waals surface area contributed by atoms with Gasteiger partial charge in [-0.3, -0.25) is 9.69 Å². The Kier molecular flexibility index (Phi) is 6.79. The largest absolute Gasteiger partial charge is 0.486 e. The van der Waals surface area contributed by atoms with Gasteiger partial charge in [0.1, 0.15) is 17.7 Å². The highest BCUT2D eigenvalue weighted by atomic mass is 19.4. The average molecular weight is 385 g/mol. The summed E-state index contributed by atoms with van der Waals surface area (Å²) >= 11 is 0. The summed E-state index contributed by atoms with van der Waals surface area (Å²) in [5, 5.41) is 8.82. The molecule has 1 atom stereocenters. The molecule has 0 heterocycles. The van der Waals surface area contributed by atoms with Crippen molar-refractivity contribution >= 4 is 5.97 Å². The second kappa shape index (κ2) is 8.85. The molecule has 0 saturated carbocycles. The van der Waals surface area contributed by atoms with E-state index in [4.69, 9.17) is 9.84 Å². The molecule has 0 radical (unpaired) electrons. The van der Waals surface area contributed by atoms with Crippen molar-refractivity contribution in [1.82, 2.24) is 4.90 Å². The molecule has 0 aliphatic heterocycles. The Balaban J connectivity index is 2.19. The van der Waals surface area contributed by atoms with Crippen LogP contribution in [-0.2, 0) is 11.0 Å². The van der Waals surface area contributed by atoms with E-state index in [0.29, 0.717) is 18.5 Å². The van der Waals surface area contributed by atoms with Crippen molar-refractivity contribution in [3.63, 3.8) is 0 Å². The zero-order valence-corrected chi connectivity index (χ0v) is 14.5. The minimum atomic E-state index is -4.49. The van der Waals surface area contributed by atoms with E-state index in [-0.39, 0.29) is 12.3 Å². The van der Waals surface area contributed by atoms with Crippen molar-refractivity contribution in [2.24, 2.45) is 0 Å². The highest BCUT2D eigenvalue weighted by molar-refractivity contribution is 5.68. The summed E-state index contributed by atoms with van der Waals surface area (Å²) in [6.07, 6.45) is -4.84. The monoisotopic (exact) mass is 385 g/mol. The van der Waals surface area contributed by atoms with Gasteiger partial charge < -0.3 is 9.84 Å². The van der Waals surface area contributed by atoms with E-state index in [2.05, 4.69) is 0 Å². The van der Waals surface area contributed by atoms with Crippen LogP contribution in [0.2, 0.25) is 0 Å². The molecule has 1 N–H and O–H groups in total. The van der Waals surface area contributed by atoms with Crippen LogP contribution in [0, 0.1) is 5.82 Å². The van der Waals surface area contributed by atoms with Crippen molar-refractivity contribution in [3.05, 3.63) is 65.5 Å². The molecular formula is C19H19F4NO3. The number of carboxylic acid groups (broad SMARTS) is 1. The van der Waals surface area contributed by atoms with Gasteiger partial charge in [-0.05, 0) is 42.9 Å². The third-order valence-electron chi connectivity index (χ3n) is 3.86. The van der Waals surface area contributed by atoms with Crippen LogP contribution in [0.1, 0.15) is 23.7 Å². The van der Waals surface area contributed by atoms with E-state index in [9.17, 15) is 22.4 Å². The lowest BCUT2D eigenvalue weighted by atomic mass is 10.1. The molecule has 4 nitrogen and oxygen atoms in total. The smallest absolute Gasteiger partial charge is 0.416 e. The number of carbonyl (C=O) groups is 1. The van der Waals surface area contributed by atoms with Crippen molar-refractivity contribution in [2.75, 3.05) is 20.1 Å². The number of halogens is 4. The van der Waals surface area contributed by atoms with Crippen LogP contribution in [0.4, 0.5) is 17.6 Å². The number of ether oxygens (including phenoxy) is 1. The predicted octanol–water partition coefficient (Wildman–Crippen LogP) is 4.37. The molecule has 0 bridgehead atoms. The van der Waals surface area contributed by atoms with Gasteiger partial charge >= 0.3 is 12.1 Å². The lowest BCUT2D eigenvalue weighted by Gasteiger charge is -2.23. The molecule has 0 fully saturated rings. The van der Waals surface area contributed by atoms with Gasteiger partial charge in [0.2, 0.25) is 0 Å².